The normalized spacial score (nSPS) is 25.9. The van der Waals surface area contributed by atoms with Crippen molar-refractivity contribution in [3.63, 3.8) is 0 Å². The SMILES string of the molecule is CCCCCCCC[C@@]1(OS(C)(=O)=O)C[C@H]1CCCC. The molecule has 0 aliphatic heterocycles. The molecule has 120 valence electrons. The number of hydrogen-bond acceptors (Lipinski definition) is 3. The van der Waals surface area contributed by atoms with Gasteiger partial charge < -0.3 is 0 Å². The summed E-state index contributed by atoms with van der Waals surface area (Å²) in [5, 5.41) is 0. The molecule has 0 spiro atoms. The fourth-order valence-corrected chi connectivity index (χ4v) is 4.02. The zero-order chi connectivity index (χ0) is 15.1. The van der Waals surface area contributed by atoms with E-state index in [4.69, 9.17) is 4.18 Å². The summed E-state index contributed by atoms with van der Waals surface area (Å²) < 4.78 is 28.4. The van der Waals surface area contributed by atoms with Crippen molar-refractivity contribution >= 4 is 10.1 Å². The Morgan fingerprint density at radius 2 is 1.60 bits per heavy atom. The van der Waals surface area contributed by atoms with E-state index in [-0.39, 0.29) is 5.60 Å². The van der Waals surface area contributed by atoms with E-state index < -0.39 is 10.1 Å². The molecule has 3 nitrogen and oxygen atoms in total. The number of hydrogen-bond donors (Lipinski definition) is 0. The molecule has 0 radical (unpaired) electrons. The lowest BCUT2D eigenvalue weighted by molar-refractivity contribution is 0.152. The first-order chi connectivity index (χ1) is 9.43. The van der Waals surface area contributed by atoms with Crippen molar-refractivity contribution in [2.75, 3.05) is 6.26 Å². The molecule has 0 aromatic heterocycles. The quantitative estimate of drug-likeness (QED) is 0.389. The molecule has 0 bridgehead atoms. The van der Waals surface area contributed by atoms with Gasteiger partial charge in [-0.15, -0.1) is 0 Å². The van der Waals surface area contributed by atoms with Gasteiger partial charge in [0, 0.05) is 0 Å². The summed E-state index contributed by atoms with van der Waals surface area (Å²) in [7, 11) is -3.33. The third kappa shape index (κ3) is 6.57. The summed E-state index contributed by atoms with van der Waals surface area (Å²) in [6.45, 7) is 4.40. The van der Waals surface area contributed by atoms with Crippen LogP contribution in [0.15, 0.2) is 0 Å². The van der Waals surface area contributed by atoms with Crippen LogP contribution in [0.5, 0.6) is 0 Å². The maximum Gasteiger partial charge on any atom is 0.264 e. The Bertz CT molecular complexity index is 364. The van der Waals surface area contributed by atoms with E-state index in [1.807, 2.05) is 0 Å². The van der Waals surface area contributed by atoms with Gasteiger partial charge in [-0.1, -0.05) is 65.2 Å². The third-order valence-electron chi connectivity index (χ3n) is 4.35. The summed E-state index contributed by atoms with van der Waals surface area (Å²) in [5.41, 5.74) is -0.340. The predicted molar refractivity (Wildman–Crippen MR) is 84.3 cm³/mol. The van der Waals surface area contributed by atoms with E-state index >= 15 is 0 Å². The van der Waals surface area contributed by atoms with Crippen LogP contribution < -0.4 is 0 Å². The first-order valence-corrected chi connectivity index (χ1v) is 10.2. The highest BCUT2D eigenvalue weighted by molar-refractivity contribution is 7.86. The second-order valence-corrected chi connectivity index (χ2v) is 7.99. The second-order valence-electron chi connectivity index (χ2n) is 6.41. The second kappa shape index (κ2) is 8.38. The lowest BCUT2D eigenvalue weighted by Gasteiger charge is -2.17. The van der Waals surface area contributed by atoms with Gasteiger partial charge in [-0.25, -0.2) is 0 Å². The van der Waals surface area contributed by atoms with Crippen molar-refractivity contribution in [1.82, 2.24) is 0 Å². The molecule has 0 aromatic rings. The topological polar surface area (TPSA) is 43.4 Å². The molecular weight excluding hydrogens is 272 g/mol. The molecule has 1 saturated carbocycles. The molecule has 1 aliphatic carbocycles. The van der Waals surface area contributed by atoms with Gasteiger partial charge in [-0.2, -0.15) is 8.42 Å². The molecular formula is C16H32O3S. The molecule has 20 heavy (non-hydrogen) atoms. The van der Waals surface area contributed by atoms with E-state index in [1.54, 1.807) is 0 Å². The fourth-order valence-electron chi connectivity index (χ4n) is 3.13. The molecule has 1 fully saturated rings. The van der Waals surface area contributed by atoms with Crippen LogP contribution in [-0.2, 0) is 14.3 Å². The molecule has 0 saturated heterocycles. The maximum absolute atomic E-state index is 11.5. The molecule has 4 heteroatoms. The minimum absolute atomic E-state index is 0.340. The van der Waals surface area contributed by atoms with Crippen molar-refractivity contribution < 1.29 is 12.6 Å². The average Bonchev–Trinajstić information content (AvgIpc) is 3.02. The van der Waals surface area contributed by atoms with Crippen LogP contribution in [-0.4, -0.2) is 20.3 Å². The molecule has 0 aromatic carbocycles. The maximum atomic E-state index is 11.5. The lowest BCUT2D eigenvalue weighted by atomic mass is 10.0. The number of unbranched alkanes of at least 4 members (excludes halogenated alkanes) is 6. The molecule has 1 rings (SSSR count). The van der Waals surface area contributed by atoms with Crippen LogP contribution in [0.3, 0.4) is 0 Å². The minimum atomic E-state index is -3.33. The Balaban J connectivity index is 2.34. The van der Waals surface area contributed by atoms with Gasteiger partial charge in [0.1, 0.15) is 0 Å². The highest BCUT2D eigenvalue weighted by atomic mass is 32.2. The van der Waals surface area contributed by atoms with Crippen LogP contribution >= 0.6 is 0 Å². The summed E-state index contributed by atoms with van der Waals surface area (Å²) in [6, 6.07) is 0. The fraction of sp³-hybridized carbons (Fsp3) is 1.00. The number of rotatable bonds is 12. The van der Waals surface area contributed by atoms with Gasteiger partial charge in [-0.05, 0) is 25.2 Å². The Kier molecular flexibility index (Phi) is 7.52. The van der Waals surface area contributed by atoms with Gasteiger partial charge in [0.05, 0.1) is 11.9 Å². The zero-order valence-corrected chi connectivity index (χ0v) is 14.3. The molecule has 0 heterocycles. The summed E-state index contributed by atoms with van der Waals surface area (Å²) in [4.78, 5) is 0. The molecule has 0 amide bonds. The Morgan fingerprint density at radius 3 is 2.20 bits per heavy atom. The first-order valence-electron chi connectivity index (χ1n) is 8.34. The van der Waals surface area contributed by atoms with E-state index in [0.29, 0.717) is 5.92 Å². The van der Waals surface area contributed by atoms with E-state index in [9.17, 15) is 8.42 Å². The summed E-state index contributed by atoms with van der Waals surface area (Å²) in [6.07, 6.45) is 13.9. The first kappa shape index (κ1) is 18.0. The Hall–Kier alpha value is -0.0900. The van der Waals surface area contributed by atoms with Crippen molar-refractivity contribution in [2.45, 2.75) is 90.1 Å². The van der Waals surface area contributed by atoms with Gasteiger partial charge in [0.25, 0.3) is 10.1 Å². The summed E-state index contributed by atoms with van der Waals surface area (Å²) >= 11 is 0. The summed E-state index contributed by atoms with van der Waals surface area (Å²) in [5.74, 6) is 0.466. The van der Waals surface area contributed by atoms with Crippen LogP contribution in [0.2, 0.25) is 0 Å². The van der Waals surface area contributed by atoms with E-state index in [2.05, 4.69) is 13.8 Å². The van der Waals surface area contributed by atoms with Crippen molar-refractivity contribution in [2.24, 2.45) is 5.92 Å². The molecule has 0 unspecified atom stereocenters. The standard InChI is InChI=1S/C16H32O3S/c1-4-6-8-9-10-11-13-16(19-20(3,17)18)14-15(16)12-7-5-2/h15H,4-14H2,1-3H3/t15-,16-/m1/s1. The molecule has 2 atom stereocenters. The molecule has 1 aliphatic rings. The van der Waals surface area contributed by atoms with Crippen LogP contribution in [0.25, 0.3) is 0 Å². The smallest absolute Gasteiger partial charge is 0.263 e. The van der Waals surface area contributed by atoms with Gasteiger partial charge in [-0.3, -0.25) is 4.18 Å². The van der Waals surface area contributed by atoms with Gasteiger partial charge in [0.15, 0.2) is 0 Å². The van der Waals surface area contributed by atoms with Crippen molar-refractivity contribution in [3.8, 4) is 0 Å². The van der Waals surface area contributed by atoms with Crippen molar-refractivity contribution in [1.29, 1.82) is 0 Å². The zero-order valence-electron chi connectivity index (χ0n) is 13.5. The monoisotopic (exact) mass is 304 g/mol. The van der Waals surface area contributed by atoms with Crippen LogP contribution in [0.4, 0.5) is 0 Å². The van der Waals surface area contributed by atoms with Gasteiger partial charge in [0.2, 0.25) is 0 Å². The Morgan fingerprint density at radius 1 is 1.00 bits per heavy atom. The van der Waals surface area contributed by atoms with E-state index in [0.717, 1.165) is 25.7 Å². The van der Waals surface area contributed by atoms with Crippen LogP contribution in [0.1, 0.15) is 84.5 Å². The highest BCUT2D eigenvalue weighted by Crippen LogP contribution is 2.54. The highest BCUT2D eigenvalue weighted by Gasteiger charge is 2.56. The van der Waals surface area contributed by atoms with Gasteiger partial charge >= 0.3 is 0 Å². The largest absolute Gasteiger partial charge is 0.264 e. The Labute approximate surface area is 125 Å². The minimum Gasteiger partial charge on any atom is -0.263 e. The molecule has 0 N–H and O–H groups in total. The average molecular weight is 304 g/mol. The predicted octanol–water partition coefficient (Wildman–Crippen LogP) is 4.66. The third-order valence-corrected chi connectivity index (χ3v) is 4.99. The lowest BCUT2D eigenvalue weighted by Crippen LogP contribution is -2.21. The van der Waals surface area contributed by atoms with Crippen molar-refractivity contribution in [3.05, 3.63) is 0 Å². The van der Waals surface area contributed by atoms with E-state index in [1.165, 1.54) is 51.2 Å². The van der Waals surface area contributed by atoms with Crippen LogP contribution in [0, 0.1) is 5.92 Å².